The van der Waals surface area contributed by atoms with Crippen molar-refractivity contribution in [2.45, 2.75) is 32.2 Å². The van der Waals surface area contributed by atoms with E-state index in [4.69, 9.17) is 16.6 Å². The van der Waals surface area contributed by atoms with Gasteiger partial charge in [-0.2, -0.15) is 5.26 Å². The van der Waals surface area contributed by atoms with Crippen molar-refractivity contribution in [1.29, 1.82) is 5.26 Å². The first-order valence-electron chi connectivity index (χ1n) is 11.2. The first kappa shape index (κ1) is 22.0. The van der Waals surface area contributed by atoms with Crippen molar-refractivity contribution < 1.29 is 0 Å². The van der Waals surface area contributed by atoms with Gasteiger partial charge in [0.05, 0.1) is 10.7 Å². The zero-order valence-electron chi connectivity index (χ0n) is 18.9. The van der Waals surface area contributed by atoms with E-state index in [2.05, 4.69) is 35.4 Å². The van der Waals surface area contributed by atoms with Crippen LogP contribution in [0.2, 0.25) is 5.02 Å². The number of nitriles is 1. The molecule has 1 aliphatic carbocycles. The summed E-state index contributed by atoms with van der Waals surface area (Å²) in [6.07, 6.45) is 6.42. The van der Waals surface area contributed by atoms with Crippen molar-refractivity contribution in [2.24, 2.45) is 18.9 Å². The molecule has 6 nitrogen and oxygen atoms in total. The van der Waals surface area contributed by atoms with Gasteiger partial charge in [0.1, 0.15) is 22.0 Å². The number of nitrogens with one attached hydrogen (secondary N) is 1. The second kappa shape index (κ2) is 8.19. The zero-order valence-corrected chi connectivity index (χ0v) is 20.5. The third-order valence-corrected chi connectivity index (χ3v) is 8.30. The summed E-state index contributed by atoms with van der Waals surface area (Å²) < 4.78 is 1.56. The number of hydrogen-bond acceptors (Lipinski definition) is 6. The minimum atomic E-state index is -0.255. The van der Waals surface area contributed by atoms with Crippen LogP contribution in [0, 0.1) is 30.1 Å². The quantitative estimate of drug-likeness (QED) is 0.515. The highest BCUT2D eigenvalue weighted by Gasteiger charge is 2.43. The van der Waals surface area contributed by atoms with Crippen LogP contribution in [0.25, 0.3) is 10.3 Å². The van der Waals surface area contributed by atoms with E-state index in [1.807, 2.05) is 31.2 Å². The number of aromatic nitrogens is 2. The summed E-state index contributed by atoms with van der Waals surface area (Å²) >= 11 is 7.59. The maximum absolute atomic E-state index is 13.0. The van der Waals surface area contributed by atoms with E-state index in [1.165, 1.54) is 11.3 Å². The highest BCUT2D eigenvalue weighted by molar-refractivity contribution is 7.18. The molecule has 1 aliphatic heterocycles. The van der Waals surface area contributed by atoms with Crippen molar-refractivity contribution in [3.05, 3.63) is 62.4 Å². The number of piperidine rings is 1. The number of rotatable bonds is 5. The molecule has 170 valence electrons. The molecule has 1 saturated heterocycles. The van der Waals surface area contributed by atoms with E-state index in [0.717, 1.165) is 52.0 Å². The summed E-state index contributed by atoms with van der Waals surface area (Å²) in [4.78, 5) is 20.7. The molecule has 5 rings (SSSR count). The van der Waals surface area contributed by atoms with Crippen molar-refractivity contribution in [2.75, 3.05) is 23.3 Å². The van der Waals surface area contributed by atoms with Crippen LogP contribution in [0.1, 0.15) is 30.3 Å². The third-order valence-electron chi connectivity index (χ3n) is 7.00. The van der Waals surface area contributed by atoms with E-state index >= 15 is 0 Å². The van der Waals surface area contributed by atoms with Gasteiger partial charge in [0.2, 0.25) is 0 Å². The van der Waals surface area contributed by atoms with Gasteiger partial charge in [-0.3, -0.25) is 4.79 Å². The number of thiazole rings is 1. The van der Waals surface area contributed by atoms with Gasteiger partial charge in [0.15, 0.2) is 0 Å². The van der Waals surface area contributed by atoms with E-state index in [1.54, 1.807) is 11.6 Å². The molecule has 1 aromatic carbocycles. The summed E-state index contributed by atoms with van der Waals surface area (Å²) in [6, 6.07) is 10.1. The first-order chi connectivity index (χ1) is 15.8. The summed E-state index contributed by atoms with van der Waals surface area (Å²) in [5.41, 5.74) is 2.34. The molecule has 33 heavy (non-hydrogen) atoms. The van der Waals surface area contributed by atoms with Gasteiger partial charge in [-0.1, -0.05) is 30.7 Å². The van der Waals surface area contributed by atoms with Gasteiger partial charge >= 0.3 is 0 Å². The number of anilines is 2. The van der Waals surface area contributed by atoms with Crippen LogP contribution in [0.4, 0.5) is 11.4 Å². The Morgan fingerprint density at radius 1 is 1.33 bits per heavy atom. The lowest BCUT2D eigenvalue weighted by Crippen LogP contribution is -2.56. The number of pyridine rings is 1. The molecule has 0 radical (unpaired) electrons. The molecule has 1 fully saturated rings. The van der Waals surface area contributed by atoms with Crippen LogP contribution in [0.3, 0.4) is 0 Å². The van der Waals surface area contributed by atoms with Crippen LogP contribution < -0.4 is 15.8 Å². The van der Waals surface area contributed by atoms with Crippen LogP contribution in [0.5, 0.6) is 0 Å². The molecule has 0 spiro atoms. The largest absolute Gasteiger partial charge is 0.379 e. The Hall–Kier alpha value is -2.82. The molecule has 8 heteroatoms. The Morgan fingerprint density at radius 3 is 2.70 bits per heavy atom. The molecule has 2 aromatic heterocycles. The predicted molar refractivity (Wildman–Crippen MR) is 135 cm³/mol. The minimum Gasteiger partial charge on any atom is -0.379 e. The van der Waals surface area contributed by atoms with Crippen molar-refractivity contribution in [1.82, 2.24) is 9.55 Å². The zero-order chi connectivity index (χ0) is 23.3. The number of halogens is 1. The number of fused-ring (bicyclic) bond motifs is 1. The standard InChI is InChI=1S/C25H26ClN5OS/c1-15-14-31(22-20(13-27)23(32)30(3)24-21(22)28-16(2)33-24)11-10-25(15,12-17-4-5-17)29-19-8-6-18(26)7-9-19/h4-9,15,17,29H,10-12,14H2,1-3H3/t15-,25+/m0/s1. The normalized spacial score (nSPS) is 22.5. The summed E-state index contributed by atoms with van der Waals surface area (Å²) in [7, 11) is 1.72. The number of nitrogens with zero attached hydrogens (tertiary/aromatic N) is 4. The van der Waals surface area contributed by atoms with Crippen LogP contribution in [-0.4, -0.2) is 28.2 Å². The van der Waals surface area contributed by atoms with Crippen LogP contribution in [-0.2, 0) is 7.05 Å². The van der Waals surface area contributed by atoms with Crippen LogP contribution in [0.15, 0.2) is 41.2 Å². The maximum atomic E-state index is 13.0. The van der Waals surface area contributed by atoms with Gasteiger partial charge in [-0.05, 0) is 55.9 Å². The summed E-state index contributed by atoms with van der Waals surface area (Å²) in [6.45, 7) is 5.67. The fraction of sp³-hybridized carbons (Fsp3) is 0.400. The van der Waals surface area contributed by atoms with Crippen molar-refractivity contribution in [3.63, 3.8) is 0 Å². The topological polar surface area (TPSA) is 74.0 Å². The molecule has 0 amide bonds. The number of benzene rings is 1. The molecule has 0 bridgehead atoms. The fourth-order valence-corrected chi connectivity index (χ4v) is 6.06. The molecule has 3 heterocycles. The van der Waals surface area contributed by atoms with Crippen LogP contribution >= 0.6 is 22.9 Å². The van der Waals surface area contributed by atoms with Gasteiger partial charge in [0, 0.05) is 36.4 Å². The monoisotopic (exact) mass is 479 g/mol. The average Bonchev–Trinajstić information content (AvgIpc) is 3.52. The van der Waals surface area contributed by atoms with E-state index in [-0.39, 0.29) is 22.6 Å². The lowest BCUT2D eigenvalue weighted by Gasteiger charge is -2.49. The Morgan fingerprint density at radius 2 is 2.06 bits per heavy atom. The Labute approximate surface area is 202 Å². The van der Waals surface area contributed by atoms with E-state index in [0.29, 0.717) is 11.6 Å². The first-order valence-corrected chi connectivity index (χ1v) is 12.4. The molecule has 0 saturated carbocycles. The Bertz CT molecular complexity index is 1350. The second-order valence-corrected chi connectivity index (χ2v) is 10.8. The lowest BCUT2D eigenvalue weighted by atomic mass is 9.74. The number of allylic oxidation sites excluding steroid dienone is 2. The smallest absolute Gasteiger partial charge is 0.271 e. The van der Waals surface area contributed by atoms with Gasteiger partial charge < -0.3 is 14.8 Å². The van der Waals surface area contributed by atoms with Gasteiger partial charge in [0.25, 0.3) is 5.56 Å². The summed E-state index contributed by atoms with van der Waals surface area (Å²) in [5, 5.41) is 15.3. The molecular formula is C25H26ClN5OS. The molecular weight excluding hydrogens is 454 g/mol. The maximum Gasteiger partial charge on any atom is 0.271 e. The Balaban J connectivity index is 1.51. The average molecular weight is 480 g/mol. The van der Waals surface area contributed by atoms with E-state index < -0.39 is 0 Å². The number of hydrogen-bond donors (Lipinski definition) is 1. The molecule has 2 atom stereocenters. The van der Waals surface area contributed by atoms with Crippen molar-refractivity contribution >= 4 is 44.7 Å². The molecule has 2 aliphatic rings. The molecule has 3 aromatic rings. The molecule has 1 N–H and O–H groups in total. The lowest BCUT2D eigenvalue weighted by molar-refractivity contribution is 0.245. The van der Waals surface area contributed by atoms with E-state index in [9.17, 15) is 10.1 Å². The summed E-state index contributed by atoms with van der Waals surface area (Å²) in [5.74, 6) is 0.792. The minimum absolute atomic E-state index is 0.0951. The van der Waals surface area contributed by atoms with Gasteiger partial charge in [-0.25, -0.2) is 4.98 Å². The second-order valence-electron chi connectivity index (χ2n) is 9.22. The fourth-order valence-electron chi connectivity index (χ4n) is 5.06. The Kier molecular flexibility index (Phi) is 5.46. The van der Waals surface area contributed by atoms with Crippen molar-refractivity contribution in [3.8, 4) is 6.07 Å². The molecule has 0 unspecified atom stereocenters. The highest BCUT2D eigenvalue weighted by atomic mass is 35.5. The van der Waals surface area contributed by atoms with Gasteiger partial charge in [-0.15, -0.1) is 11.3 Å². The highest BCUT2D eigenvalue weighted by Crippen LogP contribution is 2.43. The third kappa shape index (κ3) is 3.92. The predicted octanol–water partition coefficient (Wildman–Crippen LogP) is 5.10. The SMILES string of the molecule is Cc1nc2c(N3CC[C@](CC4C=C4)(Nc4ccc(Cl)cc4)[C@@H](C)C3)c(C#N)c(=O)n(C)c2s1. The number of aryl methyl sites for hydroxylation is 2.